The molecular formula is C15H17ClN2O2. The molecule has 1 aromatic carbocycles. The van der Waals surface area contributed by atoms with Gasteiger partial charge < -0.3 is 15.7 Å². The minimum absolute atomic E-state index is 0.0838. The molecule has 5 heteroatoms. The summed E-state index contributed by atoms with van der Waals surface area (Å²) < 4.78 is 0. The Morgan fingerprint density at radius 1 is 1.45 bits per heavy atom. The third-order valence-corrected chi connectivity index (χ3v) is 3.70. The van der Waals surface area contributed by atoms with Crippen LogP contribution in [0.15, 0.2) is 42.3 Å². The van der Waals surface area contributed by atoms with Crippen LogP contribution in [0.2, 0.25) is 5.02 Å². The van der Waals surface area contributed by atoms with Crippen LogP contribution in [0.3, 0.4) is 0 Å². The van der Waals surface area contributed by atoms with E-state index >= 15 is 0 Å². The van der Waals surface area contributed by atoms with Crippen LogP contribution in [0.1, 0.15) is 19.4 Å². The second-order valence-corrected chi connectivity index (χ2v) is 5.72. The number of aliphatic hydroxyl groups is 1. The largest absolute Gasteiger partial charge is 0.506 e. The number of halogens is 1. The molecule has 0 fully saturated rings. The number of allylic oxidation sites excluding steroid dienone is 1. The number of aliphatic hydroxyl groups excluding tert-OH is 1. The van der Waals surface area contributed by atoms with E-state index in [-0.39, 0.29) is 5.76 Å². The molecule has 0 atom stereocenters. The monoisotopic (exact) mass is 292 g/mol. The molecule has 106 valence electrons. The quantitative estimate of drug-likeness (QED) is 0.900. The minimum Gasteiger partial charge on any atom is -0.506 e. The molecule has 1 heterocycles. The summed E-state index contributed by atoms with van der Waals surface area (Å²) in [6, 6.07) is 7.36. The van der Waals surface area contributed by atoms with Crippen LogP contribution in [0.4, 0.5) is 0 Å². The average Bonchev–Trinajstić information content (AvgIpc) is 2.37. The average molecular weight is 293 g/mol. The molecule has 1 amide bonds. The Balaban J connectivity index is 2.35. The third-order valence-electron chi connectivity index (χ3n) is 3.47. The van der Waals surface area contributed by atoms with Crippen LogP contribution < -0.4 is 5.73 Å². The summed E-state index contributed by atoms with van der Waals surface area (Å²) in [5, 5.41) is 10.5. The van der Waals surface area contributed by atoms with Gasteiger partial charge in [0.05, 0.1) is 0 Å². The fourth-order valence-electron chi connectivity index (χ4n) is 2.01. The van der Waals surface area contributed by atoms with Gasteiger partial charge in [0.25, 0.3) is 0 Å². The number of hydrogen-bond acceptors (Lipinski definition) is 3. The van der Waals surface area contributed by atoms with Crippen molar-refractivity contribution >= 4 is 23.1 Å². The van der Waals surface area contributed by atoms with E-state index in [0.717, 1.165) is 11.1 Å². The van der Waals surface area contributed by atoms with Gasteiger partial charge in [0.15, 0.2) is 0 Å². The van der Waals surface area contributed by atoms with Crippen molar-refractivity contribution in [3.63, 3.8) is 0 Å². The molecule has 0 saturated carbocycles. The molecule has 1 aromatic rings. The lowest BCUT2D eigenvalue weighted by atomic mass is 9.96. The highest BCUT2D eigenvalue weighted by Crippen LogP contribution is 2.28. The zero-order valence-corrected chi connectivity index (χ0v) is 12.2. The second-order valence-electron chi connectivity index (χ2n) is 5.29. The zero-order chi connectivity index (χ0) is 14.9. The molecule has 0 bridgehead atoms. The highest BCUT2D eigenvalue weighted by Gasteiger charge is 2.33. The van der Waals surface area contributed by atoms with Crippen LogP contribution in [0.5, 0.6) is 0 Å². The maximum absolute atomic E-state index is 11.6. The van der Waals surface area contributed by atoms with Gasteiger partial charge in [-0.05, 0) is 43.2 Å². The first kappa shape index (κ1) is 14.5. The minimum atomic E-state index is -0.883. The Bertz CT molecular complexity index is 606. The third kappa shape index (κ3) is 2.80. The molecule has 0 aliphatic carbocycles. The van der Waals surface area contributed by atoms with Crippen LogP contribution in [-0.4, -0.2) is 28.0 Å². The SMILES string of the molecule is CC(C)(C(N)=O)N1C=C(O)C=C(c2cccc(Cl)c2)C1. The Labute approximate surface area is 123 Å². The molecule has 2 rings (SSSR count). The highest BCUT2D eigenvalue weighted by molar-refractivity contribution is 6.30. The molecule has 0 spiro atoms. The molecule has 0 aromatic heterocycles. The number of carbonyl (C=O) groups is 1. The predicted octanol–water partition coefficient (Wildman–Crippen LogP) is 2.70. The molecule has 0 radical (unpaired) electrons. The first-order valence-corrected chi connectivity index (χ1v) is 6.62. The van der Waals surface area contributed by atoms with E-state index < -0.39 is 11.4 Å². The van der Waals surface area contributed by atoms with Gasteiger partial charge in [0, 0.05) is 17.8 Å². The number of primary amides is 1. The standard InChI is InChI=1S/C15H17ClN2O2/c1-15(2,14(17)20)18-8-11(7-13(19)9-18)10-4-3-5-12(16)6-10/h3-7,9,19H,8H2,1-2H3,(H2,17,20). The normalized spacial score (nSPS) is 15.7. The summed E-state index contributed by atoms with van der Waals surface area (Å²) in [5.41, 5.74) is 6.32. The first-order valence-electron chi connectivity index (χ1n) is 6.24. The Morgan fingerprint density at radius 2 is 2.15 bits per heavy atom. The lowest BCUT2D eigenvalue weighted by Gasteiger charge is -2.37. The number of amides is 1. The second kappa shape index (κ2) is 5.21. The van der Waals surface area contributed by atoms with Gasteiger partial charge in [-0.3, -0.25) is 4.79 Å². The summed E-state index contributed by atoms with van der Waals surface area (Å²) in [5.74, 6) is -0.366. The molecule has 0 saturated heterocycles. The lowest BCUT2D eigenvalue weighted by molar-refractivity contribution is -0.126. The van der Waals surface area contributed by atoms with Gasteiger partial charge in [-0.25, -0.2) is 0 Å². The van der Waals surface area contributed by atoms with E-state index in [4.69, 9.17) is 17.3 Å². The van der Waals surface area contributed by atoms with Crippen molar-refractivity contribution in [2.45, 2.75) is 19.4 Å². The molecule has 1 aliphatic rings. The van der Waals surface area contributed by atoms with Gasteiger partial charge in [0.2, 0.25) is 5.91 Å². The topological polar surface area (TPSA) is 66.6 Å². The number of benzene rings is 1. The Hall–Kier alpha value is -1.94. The van der Waals surface area contributed by atoms with Crippen molar-refractivity contribution in [1.29, 1.82) is 0 Å². The van der Waals surface area contributed by atoms with E-state index in [9.17, 15) is 9.90 Å². The number of hydrogen-bond donors (Lipinski definition) is 2. The van der Waals surface area contributed by atoms with Gasteiger partial charge in [-0.15, -0.1) is 0 Å². The number of nitrogens with zero attached hydrogens (tertiary/aromatic N) is 1. The van der Waals surface area contributed by atoms with Crippen molar-refractivity contribution < 1.29 is 9.90 Å². The first-order chi connectivity index (χ1) is 9.30. The van der Waals surface area contributed by atoms with Gasteiger partial charge in [-0.2, -0.15) is 0 Å². The van der Waals surface area contributed by atoms with Crippen LogP contribution >= 0.6 is 11.6 Å². The fraction of sp³-hybridized carbons (Fsp3) is 0.267. The van der Waals surface area contributed by atoms with Crippen molar-refractivity contribution in [3.8, 4) is 0 Å². The molecule has 3 N–H and O–H groups in total. The van der Waals surface area contributed by atoms with Crippen LogP contribution in [0, 0.1) is 0 Å². The maximum Gasteiger partial charge on any atom is 0.242 e. The van der Waals surface area contributed by atoms with Gasteiger partial charge >= 0.3 is 0 Å². The van der Waals surface area contributed by atoms with Crippen LogP contribution in [-0.2, 0) is 4.79 Å². The summed E-state index contributed by atoms with van der Waals surface area (Å²) in [6.07, 6.45) is 3.19. The van der Waals surface area contributed by atoms with E-state index in [0.29, 0.717) is 11.6 Å². The number of rotatable bonds is 3. The fourth-order valence-corrected chi connectivity index (χ4v) is 2.20. The van der Waals surface area contributed by atoms with E-state index in [2.05, 4.69) is 0 Å². The predicted molar refractivity (Wildman–Crippen MR) is 80.1 cm³/mol. The number of nitrogens with two attached hydrogens (primary N) is 1. The lowest BCUT2D eigenvalue weighted by Crippen LogP contribution is -2.52. The molecular weight excluding hydrogens is 276 g/mol. The number of carbonyl (C=O) groups excluding carboxylic acids is 1. The summed E-state index contributed by atoms with van der Waals surface area (Å²) in [7, 11) is 0. The van der Waals surface area contributed by atoms with E-state index in [1.807, 2.05) is 18.2 Å². The van der Waals surface area contributed by atoms with Crippen LogP contribution in [0.25, 0.3) is 5.57 Å². The van der Waals surface area contributed by atoms with Crippen molar-refractivity contribution in [3.05, 3.63) is 52.9 Å². The maximum atomic E-state index is 11.6. The summed E-state index contributed by atoms with van der Waals surface area (Å²) >= 11 is 5.99. The zero-order valence-electron chi connectivity index (χ0n) is 11.4. The summed E-state index contributed by atoms with van der Waals surface area (Å²) in [4.78, 5) is 13.3. The Kier molecular flexibility index (Phi) is 3.77. The molecule has 4 nitrogen and oxygen atoms in total. The van der Waals surface area contributed by atoms with Crippen molar-refractivity contribution in [2.24, 2.45) is 5.73 Å². The molecule has 1 aliphatic heterocycles. The van der Waals surface area contributed by atoms with E-state index in [1.165, 1.54) is 6.20 Å². The Morgan fingerprint density at radius 3 is 2.75 bits per heavy atom. The van der Waals surface area contributed by atoms with Crippen molar-refractivity contribution in [2.75, 3.05) is 6.54 Å². The van der Waals surface area contributed by atoms with Gasteiger partial charge in [0.1, 0.15) is 11.3 Å². The van der Waals surface area contributed by atoms with E-state index in [1.54, 1.807) is 30.9 Å². The van der Waals surface area contributed by atoms with Crippen molar-refractivity contribution in [1.82, 2.24) is 4.90 Å². The highest BCUT2D eigenvalue weighted by atomic mass is 35.5. The smallest absolute Gasteiger partial charge is 0.242 e. The molecule has 20 heavy (non-hydrogen) atoms. The van der Waals surface area contributed by atoms with Gasteiger partial charge in [-0.1, -0.05) is 23.7 Å². The molecule has 0 unspecified atom stereocenters. The summed E-state index contributed by atoms with van der Waals surface area (Å²) in [6.45, 7) is 3.92.